The Balaban J connectivity index is 0. The Hall–Kier alpha value is 0.600. The van der Waals surface area contributed by atoms with Gasteiger partial charge in [0.05, 0.1) is 11.9 Å². The van der Waals surface area contributed by atoms with Crippen LogP contribution in [-0.4, -0.2) is 6.26 Å². The molecule has 0 fully saturated rings. The summed E-state index contributed by atoms with van der Waals surface area (Å²) in [6.45, 7) is 0. The van der Waals surface area contributed by atoms with E-state index < -0.39 is 0 Å². The SMILES string of the molecule is CS[NH3+].[Cl-]. The molecule has 0 saturated heterocycles. The van der Waals surface area contributed by atoms with Gasteiger partial charge < -0.3 is 12.4 Å². The fourth-order valence-electron chi connectivity index (χ4n) is 0. The highest BCUT2D eigenvalue weighted by atomic mass is 35.5. The molecule has 4 heavy (non-hydrogen) atoms. The smallest absolute Gasteiger partial charge is 0.0652 e. The highest BCUT2D eigenvalue weighted by molar-refractivity contribution is 7.91. The minimum Gasteiger partial charge on any atom is -1.00 e. The van der Waals surface area contributed by atoms with E-state index in [9.17, 15) is 0 Å². The second kappa shape index (κ2) is 9.51. The van der Waals surface area contributed by atoms with Crippen LogP contribution in [0.5, 0.6) is 0 Å². The van der Waals surface area contributed by atoms with Crippen LogP contribution in [0.3, 0.4) is 0 Å². The van der Waals surface area contributed by atoms with Gasteiger partial charge in [-0.15, -0.1) is 0 Å². The third-order valence-electron chi connectivity index (χ3n) is 0. The molecule has 3 N–H and O–H groups in total. The van der Waals surface area contributed by atoms with Gasteiger partial charge in [-0.1, -0.05) is 0 Å². The van der Waals surface area contributed by atoms with E-state index in [0.717, 1.165) is 0 Å². The van der Waals surface area contributed by atoms with Gasteiger partial charge in [0, 0.05) is 6.26 Å². The molecule has 0 unspecified atom stereocenters. The van der Waals surface area contributed by atoms with Gasteiger partial charge in [-0.2, -0.15) is 0 Å². The van der Waals surface area contributed by atoms with Crippen molar-refractivity contribution in [3.63, 3.8) is 0 Å². The quantitative estimate of drug-likeness (QED) is 0.314. The van der Waals surface area contributed by atoms with E-state index in [2.05, 4.69) is 5.14 Å². The van der Waals surface area contributed by atoms with E-state index in [1.165, 1.54) is 11.9 Å². The molecule has 3 heteroatoms. The van der Waals surface area contributed by atoms with E-state index in [4.69, 9.17) is 0 Å². The van der Waals surface area contributed by atoms with Crippen LogP contribution >= 0.6 is 11.9 Å². The molecular weight excluding hydrogens is 93.5 g/mol. The second-order valence-corrected chi connectivity index (χ2v) is 0.866. The van der Waals surface area contributed by atoms with Crippen LogP contribution in [0.15, 0.2) is 0 Å². The average Bonchev–Trinajstić information content (AvgIpc) is 0.918. The summed E-state index contributed by atoms with van der Waals surface area (Å²) in [7, 11) is 0. The van der Waals surface area contributed by atoms with E-state index in [0.29, 0.717) is 0 Å². The van der Waals surface area contributed by atoms with Crippen molar-refractivity contribution in [1.82, 2.24) is 0 Å². The zero-order valence-electron chi connectivity index (χ0n) is 2.49. The Labute approximate surface area is 36.5 Å². The van der Waals surface area contributed by atoms with Crippen LogP contribution in [0.4, 0.5) is 0 Å². The first-order chi connectivity index (χ1) is 1.41. The Morgan fingerprint density at radius 1 is 1.75 bits per heavy atom. The van der Waals surface area contributed by atoms with Crippen LogP contribution in [0.25, 0.3) is 0 Å². The summed E-state index contributed by atoms with van der Waals surface area (Å²) in [5, 5.41) is 3.40. The van der Waals surface area contributed by atoms with Crippen LogP contribution in [0, 0.1) is 0 Å². The van der Waals surface area contributed by atoms with Crippen molar-refractivity contribution in [1.29, 1.82) is 0 Å². The summed E-state index contributed by atoms with van der Waals surface area (Å²) in [4.78, 5) is 0. The van der Waals surface area contributed by atoms with Gasteiger partial charge in [0.25, 0.3) is 0 Å². The molecule has 0 rings (SSSR count). The van der Waals surface area contributed by atoms with Crippen molar-refractivity contribution < 1.29 is 17.5 Å². The molecule has 0 heterocycles. The molecule has 0 aromatic heterocycles. The third-order valence-corrected chi connectivity index (χ3v) is 0. The molecule has 1 nitrogen and oxygen atoms in total. The van der Waals surface area contributed by atoms with Crippen LogP contribution in [-0.2, 0) is 0 Å². The molecule has 0 radical (unpaired) electrons. The predicted molar refractivity (Wildman–Crippen MR) is 16.4 cm³/mol. The van der Waals surface area contributed by atoms with Crippen LogP contribution in [0.1, 0.15) is 0 Å². The Morgan fingerprint density at radius 2 is 1.75 bits per heavy atom. The maximum absolute atomic E-state index is 3.40. The largest absolute Gasteiger partial charge is 1.00 e. The number of halogens is 1. The van der Waals surface area contributed by atoms with Crippen molar-refractivity contribution in [3.8, 4) is 0 Å². The van der Waals surface area contributed by atoms with Crippen molar-refractivity contribution in [2.75, 3.05) is 6.26 Å². The maximum Gasteiger partial charge on any atom is 0.0652 e. The van der Waals surface area contributed by atoms with Crippen LogP contribution < -0.4 is 17.5 Å². The Morgan fingerprint density at radius 3 is 1.75 bits per heavy atom. The minimum absolute atomic E-state index is 0. The number of quaternary nitrogens is 1. The highest BCUT2D eigenvalue weighted by Gasteiger charge is 1.39. The van der Waals surface area contributed by atoms with Gasteiger partial charge in [0.2, 0.25) is 0 Å². The lowest BCUT2D eigenvalue weighted by atomic mass is 12.0. The zero-order chi connectivity index (χ0) is 2.71. The molecule has 0 aliphatic rings. The van der Waals surface area contributed by atoms with E-state index >= 15 is 0 Å². The number of rotatable bonds is 0. The molecule has 0 aliphatic carbocycles. The highest BCUT2D eigenvalue weighted by Crippen LogP contribution is 1.52. The topological polar surface area (TPSA) is 27.6 Å². The minimum atomic E-state index is 0. The van der Waals surface area contributed by atoms with Gasteiger partial charge in [-0.25, -0.2) is 0 Å². The third kappa shape index (κ3) is 18.5. The van der Waals surface area contributed by atoms with Crippen LogP contribution in [0.2, 0.25) is 0 Å². The summed E-state index contributed by atoms with van der Waals surface area (Å²) >= 11 is 1.50. The van der Waals surface area contributed by atoms with Crippen molar-refractivity contribution >= 4 is 11.9 Å². The standard InChI is InChI=1S/CH5NS.ClH/c1-3-2;/h2H2,1H3;1H. The number of hydrogen-bond acceptors (Lipinski definition) is 1. The van der Waals surface area contributed by atoms with Crippen molar-refractivity contribution in [2.24, 2.45) is 0 Å². The summed E-state index contributed by atoms with van der Waals surface area (Å²) in [6.07, 6.45) is 1.93. The lowest BCUT2D eigenvalue weighted by Gasteiger charge is -1.46. The molecule has 0 bridgehead atoms. The summed E-state index contributed by atoms with van der Waals surface area (Å²) < 4.78 is 0. The molecular formula is CH6ClNS. The molecule has 0 spiro atoms. The van der Waals surface area contributed by atoms with E-state index in [-0.39, 0.29) is 12.4 Å². The van der Waals surface area contributed by atoms with Gasteiger partial charge in [0.1, 0.15) is 0 Å². The lowest BCUT2D eigenvalue weighted by Crippen LogP contribution is -3.00. The van der Waals surface area contributed by atoms with E-state index in [1.807, 2.05) is 6.26 Å². The monoisotopic (exact) mass is 99.0 g/mol. The fraction of sp³-hybridized carbons (Fsp3) is 1.00. The predicted octanol–water partition coefficient (Wildman–Crippen LogP) is -3.49. The summed E-state index contributed by atoms with van der Waals surface area (Å²) in [5.41, 5.74) is 0. The molecule has 0 saturated carbocycles. The van der Waals surface area contributed by atoms with Gasteiger partial charge in [0.15, 0.2) is 0 Å². The molecule has 28 valence electrons. The number of hydrogen-bond donors (Lipinski definition) is 1. The molecule has 0 aromatic rings. The average molecular weight is 99.6 g/mol. The maximum atomic E-state index is 3.40. The van der Waals surface area contributed by atoms with Crippen molar-refractivity contribution in [2.45, 2.75) is 0 Å². The van der Waals surface area contributed by atoms with Gasteiger partial charge >= 0.3 is 0 Å². The first-order valence-electron chi connectivity index (χ1n) is 0.697. The Kier molecular flexibility index (Phi) is 21.0. The fourth-order valence-corrected chi connectivity index (χ4v) is 0. The molecule has 0 aliphatic heterocycles. The zero-order valence-corrected chi connectivity index (χ0v) is 4.07. The lowest BCUT2D eigenvalue weighted by molar-refractivity contribution is -0.135. The molecule has 0 aromatic carbocycles. The summed E-state index contributed by atoms with van der Waals surface area (Å²) in [5.74, 6) is 0. The van der Waals surface area contributed by atoms with Gasteiger partial charge in [-0.05, 0) is 0 Å². The van der Waals surface area contributed by atoms with Crippen molar-refractivity contribution in [3.05, 3.63) is 0 Å². The Bertz CT molecular complexity index is 8.00. The second-order valence-electron chi connectivity index (χ2n) is 0.289. The first-order valence-corrected chi connectivity index (χ1v) is 2.09. The molecule has 0 amide bonds. The normalized spacial score (nSPS) is 4.50. The molecule has 0 atom stereocenters. The first kappa shape index (κ1) is 8.82. The summed E-state index contributed by atoms with van der Waals surface area (Å²) in [6, 6.07) is 0. The van der Waals surface area contributed by atoms with E-state index in [1.54, 1.807) is 0 Å². The van der Waals surface area contributed by atoms with Gasteiger partial charge in [-0.3, -0.25) is 5.14 Å².